The number of nitrogens with one attached hydrogen (secondary N) is 2. The average Bonchev–Trinajstić information content (AvgIpc) is 2.98. The maximum atomic E-state index is 12.0. The van der Waals surface area contributed by atoms with Crippen molar-refractivity contribution in [2.45, 2.75) is 18.1 Å². The third kappa shape index (κ3) is 3.50. The molecule has 2 N–H and O–H groups in total. The Morgan fingerprint density at radius 3 is 3.00 bits per heavy atom. The second-order valence-corrected chi connectivity index (χ2v) is 7.18. The molecule has 0 saturated carbocycles. The van der Waals surface area contributed by atoms with Crippen LogP contribution in [0.4, 0.5) is 0 Å². The van der Waals surface area contributed by atoms with Crippen LogP contribution in [0.5, 0.6) is 0 Å². The summed E-state index contributed by atoms with van der Waals surface area (Å²) >= 11 is 1.87. The first-order valence-electron chi connectivity index (χ1n) is 5.92. The van der Waals surface area contributed by atoms with Crippen molar-refractivity contribution in [1.29, 1.82) is 0 Å². The van der Waals surface area contributed by atoms with Crippen LogP contribution in [0.15, 0.2) is 21.6 Å². The Labute approximate surface area is 112 Å². The molecule has 0 spiro atoms. The number of hydrogen-bond acceptors (Lipinski definition) is 5. The van der Waals surface area contributed by atoms with Gasteiger partial charge < -0.3 is 9.73 Å². The van der Waals surface area contributed by atoms with Crippen LogP contribution in [0.3, 0.4) is 0 Å². The molecule has 1 aliphatic rings. The van der Waals surface area contributed by atoms with Gasteiger partial charge in [-0.1, -0.05) is 0 Å². The molecule has 0 aromatic carbocycles. The lowest BCUT2D eigenvalue weighted by Crippen LogP contribution is -2.29. The summed E-state index contributed by atoms with van der Waals surface area (Å²) in [6, 6.07) is 3.18. The molecule has 18 heavy (non-hydrogen) atoms. The molecule has 7 heteroatoms. The Morgan fingerprint density at radius 1 is 1.50 bits per heavy atom. The molecule has 1 fully saturated rings. The lowest BCUT2D eigenvalue weighted by Gasteiger charge is -2.08. The van der Waals surface area contributed by atoms with Crippen LogP contribution in [0.1, 0.15) is 12.2 Å². The van der Waals surface area contributed by atoms with Gasteiger partial charge in [0.15, 0.2) is 0 Å². The van der Waals surface area contributed by atoms with Gasteiger partial charge in [-0.25, -0.2) is 13.1 Å². The maximum Gasteiger partial charge on any atom is 0.273 e. The SMILES string of the molecule is CNCc1ccc(S(=O)(=O)NCC2CCSC2)o1. The number of furan rings is 1. The van der Waals surface area contributed by atoms with Crippen molar-refractivity contribution in [2.24, 2.45) is 5.92 Å². The fraction of sp³-hybridized carbons (Fsp3) is 0.636. The van der Waals surface area contributed by atoms with E-state index in [1.807, 2.05) is 11.8 Å². The zero-order valence-corrected chi connectivity index (χ0v) is 11.9. The highest BCUT2D eigenvalue weighted by Crippen LogP contribution is 2.23. The highest BCUT2D eigenvalue weighted by molar-refractivity contribution is 7.99. The number of sulfonamides is 1. The third-order valence-corrected chi connectivity index (χ3v) is 5.37. The van der Waals surface area contributed by atoms with Crippen molar-refractivity contribution in [3.05, 3.63) is 17.9 Å². The summed E-state index contributed by atoms with van der Waals surface area (Å²) < 4.78 is 31.9. The van der Waals surface area contributed by atoms with E-state index in [0.717, 1.165) is 17.9 Å². The number of rotatable bonds is 6. The first-order chi connectivity index (χ1) is 8.62. The molecular weight excluding hydrogens is 272 g/mol. The largest absolute Gasteiger partial charge is 0.447 e. The summed E-state index contributed by atoms with van der Waals surface area (Å²) in [5, 5.41) is 2.91. The Hall–Kier alpha value is -0.500. The van der Waals surface area contributed by atoms with Crippen molar-refractivity contribution >= 4 is 21.8 Å². The van der Waals surface area contributed by atoms with E-state index in [-0.39, 0.29) is 5.09 Å². The van der Waals surface area contributed by atoms with Gasteiger partial charge in [-0.15, -0.1) is 0 Å². The van der Waals surface area contributed by atoms with Crippen LogP contribution >= 0.6 is 11.8 Å². The molecule has 1 atom stereocenters. The molecule has 0 aliphatic carbocycles. The first-order valence-corrected chi connectivity index (χ1v) is 8.56. The van der Waals surface area contributed by atoms with Crippen molar-refractivity contribution in [1.82, 2.24) is 10.0 Å². The zero-order valence-electron chi connectivity index (χ0n) is 10.3. The molecule has 0 bridgehead atoms. The second-order valence-electron chi connectivity index (χ2n) is 4.33. The summed E-state index contributed by atoms with van der Waals surface area (Å²) in [6.45, 7) is 1.02. The fourth-order valence-corrected chi connectivity index (χ4v) is 4.16. The van der Waals surface area contributed by atoms with Crippen molar-refractivity contribution in [2.75, 3.05) is 25.1 Å². The number of hydrogen-bond donors (Lipinski definition) is 2. The monoisotopic (exact) mass is 290 g/mol. The molecule has 1 aliphatic heterocycles. The molecule has 0 amide bonds. The van der Waals surface area contributed by atoms with Gasteiger partial charge in [0.1, 0.15) is 5.76 Å². The fourth-order valence-electron chi connectivity index (χ4n) is 1.81. The minimum Gasteiger partial charge on any atom is -0.447 e. The lowest BCUT2D eigenvalue weighted by molar-refractivity contribution is 0.403. The smallest absolute Gasteiger partial charge is 0.273 e. The Bertz CT molecular complexity index is 478. The van der Waals surface area contributed by atoms with Crippen molar-refractivity contribution in [3.63, 3.8) is 0 Å². The van der Waals surface area contributed by atoms with E-state index >= 15 is 0 Å². The maximum absolute atomic E-state index is 12.0. The Balaban J connectivity index is 1.95. The van der Waals surface area contributed by atoms with E-state index < -0.39 is 10.0 Å². The van der Waals surface area contributed by atoms with E-state index in [0.29, 0.717) is 24.8 Å². The van der Waals surface area contributed by atoms with Gasteiger partial charge in [-0.3, -0.25) is 0 Å². The molecule has 1 unspecified atom stereocenters. The Kier molecular flexibility index (Phi) is 4.71. The molecule has 1 saturated heterocycles. The summed E-state index contributed by atoms with van der Waals surface area (Å²) in [5.41, 5.74) is 0. The van der Waals surface area contributed by atoms with E-state index in [9.17, 15) is 8.42 Å². The van der Waals surface area contributed by atoms with Crippen LogP contribution in [-0.4, -0.2) is 33.5 Å². The van der Waals surface area contributed by atoms with Crippen LogP contribution in [0.2, 0.25) is 0 Å². The second kappa shape index (κ2) is 6.10. The predicted molar refractivity (Wildman–Crippen MR) is 72.1 cm³/mol. The molecule has 0 radical (unpaired) electrons. The van der Waals surface area contributed by atoms with Crippen LogP contribution in [0.25, 0.3) is 0 Å². The van der Waals surface area contributed by atoms with Gasteiger partial charge >= 0.3 is 0 Å². The first kappa shape index (κ1) is 13.9. The summed E-state index contributed by atoms with van der Waals surface area (Å²) in [5.74, 6) is 3.22. The standard InChI is InChI=1S/C11H18N2O3S2/c1-12-7-10-2-3-11(16-10)18(14,15)13-6-9-4-5-17-8-9/h2-3,9,12-13H,4-8H2,1H3. The zero-order chi connectivity index (χ0) is 13.0. The molecule has 5 nitrogen and oxygen atoms in total. The molecule has 102 valence electrons. The number of thioether (sulfide) groups is 1. The molecular formula is C11H18N2O3S2. The van der Waals surface area contributed by atoms with Gasteiger partial charge in [-0.05, 0) is 43.0 Å². The normalized spacial score (nSPS) is 20.4. The summed E-state index contributed by atoms with van der Waals surface area (Å²) in [4.78, 5) is 0. The highest BCUT2D eigenvalue weighted by Gasteiger charge is 2.22. The minimum absolute atomic E-state index is 0.00148. The van der Waals surface area contributed by atoms with E-state index in [4.69, 9.17) is 4.42 Å². The quantitative estimate of drug-likeness (QED) is 0.819. The highest BCUT2D eigenvalue weighted by atomic mass is 32.2. The summed E-state index contributed by atoms with van der Waals surface area (Å²) in [7, 11) is -1.71. The minimum atomic E-state index is -3.50. The van der Waals surface area contributed by atoms with Crippen LogP contribution in [-0.2, 0) is 16.6 Å². The third-order valence-electron chi connectivity index (χ3n) is 2.84. The van der Waals surface area contributed by atoms with Gasteiger partial charge in [0.05, 0.1) is 6.54 Å². The molecule has 1 aromatic heterocycles. The van der Waals surface area contributed by atoms with Crippen molar-refractivity contribution in [3.8, 4) is 0 Å². The summed E-state index contributed by atoms with van der Waals surface area (Å²) in [6.07, 6.45) is 1.08. The molecule has 2 heterocycles. The van der Waals surface area contributed by atoms with Crippen LogP contribution < -0.4 is 10.0 Å². The Morgan fingerprint density at radius 2 is 2.33 bits per heavy atom. The molecule has 2 rings (SSSR count). The van der Waals surface area contributed by atoms with Gasteiger partial charge in [0, 0.05) is 6.54 Å². The van der Waals surface area contributed by atoms with Crippen LogP contribution in [0, 0.1) is 5.92 Å². The van der Waals surface area contributed by atoms with E-state index in [1.54, 1.807) is 13.1 Å². The molecule has 1 aromatic rings. The predicted octanol–water partition coefficient (Wildman–Crippen LogP) is 1.03. The van der Waals surface area contributed by atoms with E-state index in [1.165, 1.54) is 6.07 Å². The van der Waals surface area contributed by atoms with Gasteiger partial charge in [0.25, 0.3) is 10.0 Å². The van der Waals surface area contributed by atoms with E-state index in [2.05, 4.69) is 10.0 Å². The van der Waals surface area contributed by atoms with Gasteiger partial charge in [0.2, 0.25) is 5.09 Å². The van der Waals surface area contributed by atoms with Gasteiger partial charge in [-0.2, -0.15) is 11.8 Å². The lowest BCUT2D eigenvalue weighted by atomic mass is 10.1. The van der Waals surface area contributed by atoms with Crippen molar-refractivity contribution < 1.29 is 12.8 Å². The topological polar surface area (TPSA) is 71.3 Å². The average molecular weight is 290 g/mol.